The Labute approximate surface area is 199 Å². The molecule has 1 unspecified atom stereocenters. The molecule has 3 aromatic rings. The van der Waals surface area contributed by atoms with Crippen molar-refractivity contribution in [3.63, 3.8) is 0 Å². The van der Waals surface area contributed by atoms with E-state index in [1.165, 1.54) is 17.2 Å². The smallest absolute Gasteiger partial charge is 0.294 e. The van der Waals surface area contributed by atoms with Crippen LogP contribution in [0.5, 0.6) is 5.75 Å². The summed E-state index contributed by atoms with van der Waals surface area (Å²) in [4.78, 5) is 28.0. The number of rotatable bonds is 6. The Morgan fingerprint density at radius 2 is 1.68 bits per heavy atom. The van der Waals surface area contributed by atoms with Crippen molar-refractivity contribution in [3.8, 4) is 5.75 Å². The lowest BCUT2D eigenvalue weighted by Crippen LogP contribution is -2.31. The summed E-state index contributed by atoms with van der Waals surface area (Å²) >= 11 is 0. The van der Waals surface area contributed by atoms with Crippen molar-refractivity contribution >= 4 is 17.4 Å². The van der Waals surface area contributed by atoms with Gasteiger partial charge in [0.2, 0.25) is 5.78 Å². The number of carbonyl (C=O) groups is 2. The van der Waals surface area contributed by atoms with Crippen molar-refractivity contribution in [2.24, 2.45) is 0 Å². The normalized spacial score (nSPS) is 16.5. The molecule has 1 aliphatic rings. The van der Waals surface area contributed by atoms with Crippen LogP contribution in [0.2, 0.25) is 0 Å². The first-order valence-corrected chi connectivity index (χ1v) is 11.3. The van der Waals surface area contributed by atoms with Gasteiger partial charge in [-0.3, -0.25) is 14.5 Å². The minimum Gasteiger partial charge on any atom is -0.503 e. The second kappa shape index (κ2) is 8.86. The third-order valence-corrected chi connectivity index (χ3v) is 5.78. The van der Waals surface area contributed by atoms with E-state index < -0.39 is 23.5 Å². The Bertz CT molecular complexity index is 1210. The summed E-state index contributed by atoms with van der Waals surface area (Å²) in [5.74, 6) is -1.00. The van der Waals surface area contributed by atoms with Gasteiger partial charge in [-0.05, 0) is 66.8 Å². The van der Waals surface area contributed by atoms with Crippen molar-refractivity contribution < 1.29 is 23.8 Å². The molecule has 0 fully saturated rings. The summed E-state index contributed by atoms with van der Waals surface area (Å²) in [5, 5.41) is 10.8. The van der Waals surface area contributed by atoms with Gasteiger partial charge in [-0.15, -0.1) is 0 Å². The fourth-order valence-electron chi connectivity index (χ4n) is 4.08. The van der Waals surface area contributed by atoms with Gasteiger partial charge in [-0.25, -0.2) is 0 Å². The van der Waals surface area contributed by atoms with E-state index >= 15 is 0 Å². The van der Waals surface area contributed by atoms with E-state index in [2.05, 4.69) is 20.8 Å². The quantitative estimate of drug-likeness (QED) is 0.448. The maximum Gasteiger partial charge on any atom is 0.294 e. The molecule has 0 radical (unpaired) electrons. The van der Waals surface area contributed by atoms with E-state index in [0.29, 0.717) is 17.0 Å². The van der Waals surface area contributed by atoms with Gasteiger partial charge in [0.05, 0.1) is 24.0 Å². The molecule has 0 bridgehead atoms. The predicted molar refractivity (Wildman–Crippen MR) is 130 cm³/mol. The molecular weight excluding hydrogens is 430 g/mol. The number of benzene rings is 2. The Morgan fingerprint density at radius 1 is 1.03 bits per heavy atom. The van der Waals surface area contributed by atoms with Crippen molar-refractivity contribution in [3.05, 3.63) is 95.1 Å². The predicted octanol–water partition coefficient (Wildman–Crippen LogP) is 6.15. The maximum atomic E-state index is 13.3. The SMILES string of the molecule is CC(C)Oc1ccc(C2C(C(=O)c3ccco3)=C(O)C(=O)N2c2ccc(C(C)(C)C)cc2)cc1. The van der Waals surface area contributed by atoms with Gasteiger partial charge >= 0.3 is 0 Å². The Kier molecular flexibility index (Phi) is 6.09. The van der Waals surface area contributed by atoms with E-state index in [1.54, 1.807) is 30.3 Å². The number of aliphatic hydroxyl groups excluding tert-OH is 1. The van der Waals surface area contributed by atoms with E-state index in [4.69, 9.17) is 9.15 Å². The molecular formula is C28H29NO5. The minimum atomic E-state index is -0.821. The third-order valence-electron chi connectivity index (χ3n) is 5.78. The monoisotopic (exact) mass is 459 g/mol. The zero-order valence-electron chi connectivity index (χ0n) is 20.0. The van der Waals surface area contributed by atoms with Crippen LogP contribution in [0.1, 0.15) is 62.3 Å². The molecule has 0 aliphatic carbocycles. The summed E-state index contributed by atoms with van der Waals surface area (Å²) in [6.45, 7) is 10.2. The molecule has 0 saturated carbocycles. The van der Waals surface area contributed by atoms with E-state index in [1.807, 2.05) is 38.1 Å². The molecule has 6 nitrogen and oxygen atoms in total. The van der Waals surface area contributed by atoms with Crippen LogP contribution in [-0.2, 0) is 10.2 Å². The third kappa shape index (κ3) is 4.36. The number of nitrogens with zero attached hydrogens (tertiary/aromatic N) is 1. The lowest BCUT2D eigenvalue weighted by molar-refractivity contribution is -0.117. The topological polar surface area (TPSA) is 80.0 Å². The second-order valence-corrected chi connectivity index (χ2v) is 9.68. The van der Waals surface area contributed by atoms with Gasteiger partial charge in [0.25, 0.3) is 5.91 Å². The highest BCUT2D eigenvalue weighted by atomic mass is 16.5. The van der Waals surface area contributed by atoms with Gasteiger partial charge in [0, 0.05) is 5.69 Å². The van der Waals surface area contributed by atoms with Crippen molar-refractivity contribution in [1.82, 2.24) is 0 Å². The lowest BCUT2D eigenvalue weighted by atomic mass is 9.87. The van der Waals surface area contributed by atoms with Gasteiger partial charge in [0.15, 0.2) is 11.5 Å². The van der Waals surface area contributed by atoms with Crippen LogP contribution >= 0.6 is 0 Å². The number of hydrogen-bond donors (Lipinski definition) is 1. The summed E-state index contributed by atoms with van der Waals surface area (Å²) in [6, 6.07) is 17.1. The first kappa shape index (κ1) is 23.4. The molecule has 176 valence electrons. The molecule has 1 atom stereocenters. The molecule has 2 aromatic carbocycles. The number of hydrogen-bond acceptors (Lipinski definition) is 5. The van der Waals surface area contributed by atoms with Gasteiger partial charge in [0.1, 0.15) is 5.75 Å². The first-order valence-electron chi connectivity index (χ1n) is 11.3. The average Bonchev–Trinajstić information content (AvgIpc) is 3.41. The Morgan fingerprint density at radius 3 is 2.21 bits per heavy atom. The molecule has 6 heteroatoms. The minimum absolute atomic E-state index is 0.0109. The number of furan rings is 1. The number of aliphatic hydroxyl groups is 1. The zero-order valence-corrected chi connectivity index (χ0v) is 20.0. The molecule has 1 amide bonds. The highest BCUT2D eigenvalue weighted by Gasteiger charge is 2.45. The van der Waals surface area contributed by atoms with Crippen LogP contribution in [0.25, 0.3) is 0 Å². The molecule has 0 spiro atoms. The van der Waals surface area contributed by atoms with Crippen LogP contribution in [0.4, 0.5) is 5.69 Å². The van der Waals surface area contributed by atoms with Gasteiger partial charge < -0.3 is 14.3 Å². The van der Waals surface area contributed by atoms with Gasteiger partial charge in [-0.1, -0.05) is 45.0 Å². The van der Waals surface area contributed by atoms with Crippen LogP contribution in [0.3, 0.4) is 0 Å². The zero-order chi connectivity index (χ0) is 24.6. The van der Waals surface area contributed by atoms with Crippen molar-refractivity contribution in [1.29, 1.82) is 0 Å². The van der Waals surface area contributed by atoms with E-state index in [-0.39, 0.29) is 22.9 Å². The summed E-state index contributed by atoms with van der Waals surface area (Å²) in [5.41, 5.74) is 2.29. The molecule has 4 rings (SSSR count). The summed E-state index contributed by atoms with van der Waals surface area (Å²) in [6.07, 6.45) is 1.40. The highest BCUT2D eigenvalue weighted by molar-refractivity contribution is 6.20. The molecule has 1 aliphatic heterocycles. The number of anilines is 1. The number of ketones is 1. The number of amides is 1. The summed E-state index contributed by atoms with van der Waals surface area (Å²) in [7, 11) is 0. The number of carbonyl (C=O) groups excluding carboxylic acids is 2. The van der Waals surface area contributed by atoms with Crippen molar-refractivity contribution in [2.75, 3.05) is 4.90 Å². The molecule has 2 heterocycles. The second-order valence-electron chi connectivity index (χ2n) is 9.68. The fraction of sp³-hybridized carbons (Fsp3) is 0.286. The largest absolute Gasteiger partial charge is 0.503 e. The average molecular weight is 460 g/mol. The van der Waals surface area contributed by atoms with E-state index in [9.17, 15) is 14.7 Å². The Hall–Kier alpha value is -3.80. The number of Topliss-reactive ketones (excluding diaryl/α,β-unsaturated/α-hetero) is 1. The fourth-order valence-corrected chi connectivity index (χ4v) is 4.08. The van der Waals surface area contributed by atoms with E-state index in [0.717, 1.165) is 5.56 Å². The van der Waals surface area contributed by atoms with Crippen molar-refractivity contribution in [2.45, 2.75) is 52.2 Å². The molecule has 1 N–H and O–H groups in total. The molecule has 1 aromatic heterocycles. The molecule has 0 saturated heterocycles. The summed E-state index contributed by atoms with van der Waals surface area (Å²) < 4.78 is 11.0. The van der Waals surface area contributed by atoms with Crippen LogP contribution in [0, 0.1) is 0 Å². The molecule has 34 heavy (non-hydrogen) atoms. The maximum absolute atomic E-state index is 13.3. The van der Waals surface area contributed by atoms with Gasteiger partial charge in [-0.2, -0.15) is 0 Å². The van der Waals surface area contributed by atoms with Crippen LogP contribution < -0.4 is 9.64 Å². The number of ether oxygens (including phenoxy) is 1. The standard InChI is InChI=1S/C28H29NO5/c1-17(2)34-21-14-8-18(9-15-21)24-23(25(30)22-7-6-16-33-22)26(31)27(32)29(24)20-12-10-19(11-13-20)28(3,4)5/h6-17,24,31H,1-5H3. The first-order chi connectivity index (χ1) is 16.1. The van der Waals surface area contributed by atoms with Crippen LogP contribution in [0.15, 0.2) is 82.7 Å². The van der Waals surface area contributed by atoms with Crippen LogP contribution in [-0.4, -0.2) is 22.9 Å². The lowest BCUT2D eigenvalue weighted by Gasteiger charge is -2.28. The Balaban J connectivity index is 1.80. The highest BCUT2D eigenvalue weighted by Crippen LogP contribution is 2.42.